The van der Waals surface area contributed by atoms with Gasteiger partial charge < -0.3 is 9.84 Å². The van der Waals surface area contributed by atoms with Crippen molar-refractivity contribution in [3.05, 3.63) is 47.8 Å². The van der Waals surface area contributed by atoms with E-state index in [1.165, 1.54) is 6.20 Å². The summed E-state index contributed by atoms with van der Waals surface area (Å²) in [4.78, 5) is 11.1. The van der Waals surface area contributed by atoms with E-state index < -0.39 is 5.97 Å². The Bertz CT molecular complexity index is 578. The van der Waals surface area contributed by atoms with Crippen LogP contribution in [-0.4, -0.2) is 27.5 Å². The first-order valence-electron chi connectivity index (χ1n) is 7.18. The minimum absolute atomic E-state index is 0.306. The van der Waals surface area contributed by atoms with Gasteiger partial charge in [0.2, 0.25) is 0 Å². The molecule has 112 valence electrons. The summed E-state index contributed by atoms with van der Waals surface area (Å²) in [7, 11) is 0. The van der Waals surface area contributed by atoms with E-state index in [4.69, 9.17) is 9.84 Å². The van der Waals surface area contributed by atoms with Gasteiger partial charge >= 0.3 is 5.97 Å². The normalized spacial score (nSPS) is 10.5. The Balaban J connectivity index is 1.89. The van der Waals surface area contributed by atoms with E-state index >= 15 is 0 Å². The van der Waals surface area contributed by atoms with Crippen LogP contribution in [0.4, 0.5) is 0 Å². The molecule has 0 spiro atoms. The fourth-order valence-corrected chi connectivity index (χ4v) is 2.20. The number of carboxylic acid groups (broad SMARTS) is 1. The minimum atomic E-state index is -0.912. The van der Waals surface area contributed by atoms with E-state index in [-0.39, 0.29) is 0 Å². The summed E-state index contributed by atoms with van der Waals surface area (Å²) in [5, 5.41) is 13.3. The van der Waals surface area contributed by atoms with Gasteiger partial charge in [0, 0.05) is 13.0 Å². The summed E-state index contributed by atoms with van der Waals surface area (Å²) < 4.78 is 7.40. The lowest BCUT2D eigenvalue weighted by Gasteiger charge is -2.09. The van der Waals surface area contributed by atoms with Crippen LogP contribution in [-0.2, 0) is 13.0 Å². The van der Waals surface area contributed by atoms with Crippen molar-refractivity contribution in [2.75, 3.05) is 6.61 Å². The Hall–Kier alpha value is -2.30. The molecule has 1 N–H and O–H groups in total. The molecule has 0 bridgehead atoms. The highest BCUT2D eigenvalue weighted by Gasteiger charge is 2.15. The zero-order valence-corrected chi connectivity index (χ0v) is 12.2. The fraction of sp³-hybridized carbons (Fsp3) is 0.375. The first-order chi connectivity index (χ1) is 10.2. The molecule has 2 rings (SSSR count). The lowest BCUT2D eigenvalue weighted by Crippen LogP contribution is -2.11. The molecule has 0 amide bonds. The second kappa shape index (κ2) is 7.47. The van der Waals surface area contributed by atoms with Gasteiger partial charge in [-0.3, -0.25) is 4.68 Å². The molecule has 0 atom stereocenters. The molecule has 0 aliphatic rings. The number of nitrogens with zero attached hydrogens (tertiary/aromatic N) is 2. The number of aromatic carboxylic acids is 1. The molecule has 5 nitrogen and oxygen atoms in total. The van der Waals surface area contributed by atoms with Crippen LogP contribution in [0.3, 0.4) is 0 Å². The average Bonchev–Trinajstić information content (AvgIpc) is 2.88. The number of benzene rings is 1. The first-order valence-corrected chi connectivity index (χ1v) is 7.18. The van der Waals surface area contributed by atoms with Gasteiger partial charge in [0.25, 0.3) is 0 Å². The SMILES string of the molecule is CCCc1c(C(=O)O)cnn1CCCOc1ccccc1. The number of aromatic nitrogens is 2. The highest BCUT2D eigenvalue weighted by Crippen LogP contribution is 2.13. The van der Waals surface area contributed by atoms with Crippen LogP contribution in [0, 0.1) is 0 Å². The maximum atomic E-state index is 11.1. The molecule has 0 fully saturated rings. The van der Waals surface area contributed by atoms with Gasteiger partial charge in [0.1, 0.15) is 11.3 Å². The van der Waals surface area contributed by atoms with Crippen molar-refractivity contribution in [2.45, 2.75) is 32.7 Å². The van der Waals surface area contributed by atoms with Crippen molar-refractivity contribution in [2.24, 2.45) is 0 Å². The molecule has 1 aromatic heterocycles. The Morgan fingerprint density at radius 2 is 2.10 bits per heavy atom. The topological polar surface area (TPSA) is 64.3 Å². The second-order valence-electron chi connectivity index (χ2n) is 4.80. The maximum absolute atomic E-state index is 11.1. The summed E-state index contributed by atoms with van der Waals surface area (Å²) in [6.45, 7) is 3.27. The molecule has 0 saturated heterocycles. The summed E-state index contributed by atoms with van der Waals surface area (Å²) in [5.74, 6) is -0.0665. The van der Waals surface area contributed by atoms with Gasteiger partial charge in [0.05, 0.1) is 18.5 Å². The third-order valence-corrected chi connectivity index (χ3v) is 3.19. The van der Waals surface area contributed by atoms with E-state index in [1.54, 1.807) is 4.68 Å². The Morgan fingerprint density at radius 3 is 2.76 bits per heavy atom. The molecule has 1 heterocycles. The van der Waals surface area contributed by atoms with Crippen molar-refractivity contribution < 1.29 is 14.6 Å². The van der Waals surface area contributed by atoms with Crippen molar-refractivity contribution in [1.82, 2.24) is 9.78 Å². The molecule has 0 aliphatic heterocycles. The van der Waals surface area contributed by atoms with Gasteiger partial charge in [-0.15, -0.1) is 0 Å². The zero-order chi connectivity index (χ0) is 15.1. The predicted molar refractivity (Wildman–Crippen MR) is 79.7 cm³/mol. The highest BCUT2D eigenvalue weighted by molar-refractivity contribution is 5.88. The average molecular weight is 288 g/mol. The van der Waals surface area contributed by atoms with Crippen molar-refractivity contribution in [3.63, 3.8) is 0 Å². The van der Waals surface area contributed by atoms with Crippen LogP contribution in [0.2, 0.25) is 0 Å². The summed E-state index contributed by atoms with van der Waals surface area (Å²) >= 11 is 0. The zero-order valence-electron chi connectivity index (χ0n) is 12.2. The van der Waals surface area contributed by atoms with Crippen LogP contribution in [0.25, 0.3) is 0 Å². The van der Waals surface area contributed by atoms with Gasteiger partial charge in [-0.25, -0.2) is 4.79 Å². The number of rotatable bonds is 8. The van der Waals surface area contributed by atoms with Gasteiger partial charge in [-0.2, -0.15) is 5.10 Å². The van der Waals surface area contributed by atoms with E-state index in [0.29, 0.717) is 18.7 Å². The van der Waals surface area contributed by atoms with Gasteiger partial charge in [-0.05, 0) is 18.6 Å². The van der Waals surface area contributed by atoms with E-state index in [1.807, 2.05) is 37.3 Å². The second-order valence-corrected chi connectivity index (χ2v) is 4.80. The predicted octanol–water partition coefficient (Wildman–Crippen LogP) is 3.00. The lowest BCUT2D eigenvalue weighted by molar-refractivity contribution is 0.0695. The number of carboxylic acids is 1. The molecule has 0 radical (unpaired) electrons. The Kier molecular flexibility index (Phi) is 5.37. The van der Waals surface area contributed by atoms with Crippen LogP contribution >= 0.6 is 0 Å². The first kappa shape index (κ1) is 15.1. The van der Waals surface area contributed by atoms with Crippen LogP contribution in [0.15, 0.2) is 36.5 Å². The van der Waals surface area contributed by atoms with Crippen molar-refractivity contribution in [1.29, 1.82) is 0 Å². The molecule has 0 saturated carbocycles. The number of ether oxygens (including phenoxy) is 1. The van der Waals surface area contributed by atoms with E-state index in [9.17, 15) is 4.79 Å². The standard InChI is InChI=1S/C16H20N2O3/c1-2-7-15-14(16(19)20)12-17-18(15)10-6-11-21-13-8-4-3-5-9-13/h3-5,8-9,12H,2,6-7,10-11H2,1H3,(H,19,20). The van der Waals surface area contributed by atoms with Crippen LogP contribution in [0.5, 0.6) is 5.75 Å². The molecule has 5 heteroatoms. The molecule has 0 unspecified atom stereocenters. The molecular weight excluding hydrogens is 268 g/mol. The fourth-order valence-electron chi connectivity index (χ4n) is 2.20. The van der Waals surface area contributed by atoms with Crippen LogP contribution < -0.4 is 4.74 Å². The molecule has 0 aliphatic carbocycles. The summed E-state index contributed by atoms with van der Waals surface area (Å²) in [6.07, 6.45) is 3.84. The van der Waals surface area contributed by atoms with Gasteiger partial charge in [-0.1, -0.05) is 31.5 Å². The summed E-state index contributed by atoms with van der Waals surface area (Å²) in [5.41, 5.74) is 1.10. The number of hydrogen-bond acceptors (Lipinski definition) is 3. The molecule has 2 aromatic rings. The quantitative estimate of drug-likeness (QED) is 0.758. The van der Waals surface area contributed by atoms with E-state index in [2.05, 4.69) is 5.10 Å². The third kappa shape index (κ3) is 4.08. The van der Waals surface area contributed by atoms with Crippen LogP contribution in [0.1, 0.15) is 35.8 Å². The maximum Gasteiger partial charge on any atom is 0.339 e. The monoisotopic (exact) mass is 288 g/mol. The number of carbonyl (C=O) groups is 1. The van der Waals surface area contributed by atoms with E-state index in [0.717, 1.165) is 30.7 Å². The van der Waals surface area contributed by atoms with Crippen molar-refractivity contribution >= 4 is 5.97 Å². The van der Waals surface area contributed by atoms with Crippen molar-refractivity contribution in [3.8, 4) is 5.75 Å². The molecule has 21 heavy (non-hydrogen) atoms. The summed E-state index contributed by atoms with van der Waals surface area (Å²) in [6, 6.07) is 9.64. The highest BCUT2D eigenvalue weighted by atomic mass is 16.5. The number of hydrogen-bond donors (Lipinski definition) is 1. The minimum Gasteiger partial charge on any atom is -0.494 e. The Labute approximate surface area is 124 Å². The largest absolute Gasteiger partial charge is 0.494 e. The number of para-hydroxylation sites is 1. The molecular formula is C16H20N2O3. The number of aryl methyl sites for hydroxylation is 1. The third-order valence-electron chi connectivity index (χ3n) is 3.19. The van der Waals surface area contributed by atoms with Gasteiger partial charge in [0.15, 0.2) is 0 Å². The smallest absolute Gasteiger partial charge is 0.339 e. The molecule has 1 aromatic carbocycles. The lowest BCUT2D eigenvalue weighted by atomic mass is 10.1. The Morgan fingerprint density at radius 1 is 1.33 bits per heavy atom.